The van der Waals surface area contributed by atoms with Gasteiger partial charge >= 0.3 is 0 Å². The Bertz CT molecular complexity index is 521. The lowest BCUT2D eigenvalue weighted by molar-refractivity contribution is 0.311. The minimum atomic E-state index is -3.46. The number of hydrogen-bond acceptors (Lipinski definition) is 4. The fourth-order valence-corrected chi connectivity index (χ4v) is 3.64. The maximum Gasteiger partial charge on any atom is 0.242 e. The van der Waals surface area contributed by atoms with E-state index < -0.39 is 10.0 Å². The summed E-state index contributed by atoms with van der Waals surface area (Å²) in [5.41, 5.74) is 0. The number of hydrogen-bond donors (Lipinski definition) is 1. The van der Waals surface area contributed by atoms with Crippen LogP contribution in [0.1, 0.15) is 12.8 Å². The van der Waals surface area contributed by atoms with Gasteiger partial charge in [0.2, 0.25) is 10.0 Å². The number of nitrogens with zero attached hydrogens (tertiary/aromatic N) is 2. The third-order valence-corrected chi connectivity index (χ3v) is 4.99. The van der Waals surface area contributed by atoms with Crippen LogP contribution in [-0.4, -0.2) is 44.5 Å². The normalized spacial score (nSPS) is 21.3. The van der Waals surface area contributed by atoms with Gasteiger partial charge in [-0.05, 0) is 48.4 Å². The van der Waals surface area contributed by atoms with Gasteiger partial charge in [0, 0.05) is 29.5 Å². The summed E-state index contributed by atoms with van der Waals surface area (Å²) in [5.74, 6) is 0. The van der Waals surface area contributed by atoms with Gasteiger partial charge in [-0.3, -0.25) is 4.98 Å². The van der Waals surface area contributed by atoms with Crippen LogP contribution in [-0.2, 0) is 10.0 Å². The van der Waals surface area contributed by atoms with Crippen molar-refractivity contribution in [3.05, 3.63) is 22.9 Å². The van der Waals surface area contributed by atoms with Crippen molar-refractivity contribution < 1.29 is 8.42 Å². The molecule has 0 aromatic carbocycles. The Morgan fingerprint density at radius 3 is 2.94 bits per heavy atom. The van der Waals surface area contributed by atoms with Crippen LogP contribution in [0.2, 0.25) is 0 Å². The van der Waals surface area contributed by atoms with E-state index in [1.165, 1.54) is 6.20 Å². The summed E-state index contributed by atoms with van der Waals surface area (Å²) >= 11 is 3.22. The molecule has 1 aliphatic rings. The van der Waals surface area contributed by atoms with Crippen molar-refractivity contribution in [2.75, 3.05) is 20.1 Å². The minimum Gasteiger partial charge on any atom is -0.302 e. The Balaban J connectivity index is 2.03. The molecule has 2 heterocycles. The van der Waals surface area contributed by atoms with Crippen LogP contribution in [0.15, 0.2) is 27.8 Å². The first-order valence-electron chi connectivity index (χ1n) is 5.79. The third-order valence-electron chi connectivity index (χ3n) is 3.17. The highest BCUT2D eigenvalue weighted by Gasteiger charge is 2.23. The number of aromatic nitrogens is 1. The van der Waals surface area contributed by atoms with E-state index in [-0.39, 0.29) is 4.90 Å². The quantitative estimate of drug-likeness (QED) is 0.899. The summed E-state index contributed by atoms with van der Waals surface area (Å²) in [5, 5.41) is 0. The summed E-state index contributed by atoms with van der Waals surface area (Å²) in [4.78, 5) is 6.24. The van der Waals surface area contributed by atoms with Gasteiger partial charge in [0.05, 0.1) is 0 Å². The standard InChI is InChI=1S/C11H16BrN3O2S/c1-15-4-2-3-10(15)7-14-18(16,17)11-5-9(12)6-13-8-11/h5-6,8,10,14H,2-4,7H2,1H3. The van der Waals surface area contributed by atoms with Crippen LogP contribution in [0.4, 0.5) is 0 Å². The molecule has 100 valence electrons. The van der Waals surface area contributed by atoms with E-state index >= 15 is 0 Å². The number of pyridine rings is 1. The summed E-state index contributed by atoms with van der Waals surface area (Å²) in [6, 6.07) is 1.84. The van der Waals surface area contributed by atoms with Crippen LogP contribution in [0.3, 0.4) is 0 Å². The molecule has 0 bridgehead atoms. The fraction of sp³-hybridized carbons (Fsp3) is 0.545. The molecule has 1 fully saturated rings. The Kier molecular flexibility index (Phi) is 4.37. The Morgan fingerprint density at radius 2 is 2.33 bits per heavy atom. The molecule has 2 rings (SSSR count). The summed E-state index contributed by atoms with van der Waals surface area (Å²) < 4.78 is 27.4. The summed E-state index contributed by atoms with van der Waals surface area (Å²) in [7, 11) is -1.44. The second-order valence-electron chi connectivity index (χ2n) is 4.47. The minimum absolute atomic E-state index is 0.192. The lowest BCUT2D eigenvalue weighted by atomic mass is 10.2. The number of sulfonamides is 1. The molecule has 0 spiro atoms. The molecule has 1 unspecified atom stereocenters. The highest BCUT2D eigenvalue weighted by atomic mass is 79.9. The summed E-state index contributed by atoms with van der Waals surface area (Å²) in [6.07, 6.45) is 5.08. The van der Waals surface area contributed by atoms with Gasteiger partial charge in [-0.1, -0.05) is 0 Å². The molecule has 5 nitrogen and oxygen atoms in total. The SMILES string of the molecule is CN1CCCC1CNS(=O)(=O)c1cncc(Br)c1. The van der Waals surface area contributed by atoms with Gasteiger partial charge in [0.25, 0.3) is 0 Å². The highest BCUT2D eigenvalue weighted by Crippen LogP contribution is 2.16. The zero-order valence-electron chi connectivity index (χ0n) is 10.1. The smallest absolute Gasteiger partial charge is 0.242 e. The van der Waals surface area contributed by atoms with Crippen molar-refractivity contribution in [3.63, 3.8) is 0 Å². The van der Waals surface area contributed by atoms with E-state index in [1.54, 1.807) is 12.3 Å². The number of rotatable bonds is 4. The van der Waals surface area contributed by atoms with Crippen molar-refractivity contribution in [2.45, 2.75) is 23.8 Å². The molecule has 7 heteroatoms. The maximum atomic E-state index is 12.1. The van der Waals surface area contributed by atoms with Crippen LogP contribution >= 0.6 is 15.9 Å². The zero-order valence-corrected chi connectivity index (χ0v) is 12.5. The van der Waals surface area contributed by atoms with Crippen LogP contribution in [0, 0.1) is 0 Å². The van der Waals surface area contributed by atoms with Crippen LogP contribution in [0.5, 0.6) is 0 Å². The van der Waals surface area contributed by atoms with E-state index in [4.69, 9.17) is 0 Å². The molecule has 1 N–H and O–H groups in total. The molecular weight excluding hydrogens is 318 g/mol. The van der Waals surface area contributed by atoms with Crippen molar-refractivity contribution in [1.29, 1.82) is 0 Å². The molecule has 1 aromatic heterocycles. The number of nitrogens with one attached hydrogen (secondary N) is 1. The van der Waals surface area contributed by atoms with Gasteiger partial charge in [0.1, 0.15) is 4.90 Å². The van der Waals surface area contributed by atoms with E-state index in [9.17, 15) is 8.42 Å². The van der Waals surface area contributed by atoms with Gasteiger partial charge in [-0.2, -0.15) is 0 Å². The number of likely N-dealkylation sites (N-methyl/N-ethyl adjacent to an activating group) is 1. The van der Waals surface area contributed by atoms with E-state index in [0.29, 0.717) is 17.1 Å². The predicted octanol–water partition coefficient (Wildman–Crippen LogP) is 1.22. The van der Waals surface area contributed by atoms with Crippen molar-refractivity contribution in [1.82, 2.24) is 14.6 Å². The maximum absolute atomic E-state index is 12.1. The largest absolute Gasteiger partial charge is 0.302 e. The first-order chi connectivity index (χ1) is 8.49. The van der Waals surface area contributed by atoms with Crippen LogP contribution in [0.25, 0.3) is 0 Å². The van der Waals surface area contributed by atoms with E-state index in [0.717, 1.165) is 19.4 Å². The van der Waals surface area contributed by atoms with Crippen molar-refractivity contribution in [2.24, 2.45) is 0 Å². The van der Waals surface area contributed by atoms with E-state index in [2.05, 4.69) is 30.5 Å². The Labute approximate surface area is 116 Å². The van der Waals surface area contributed by atoms with Crippen LogP contribution < -0.4 is 4.72 Å². The predicted molar refractivity (Wildman–Crippen MR) is 72.8 cm³/mol. The highest BCUT2D eigenvalue weighted by molar-refractivity contribution is 9.10. The second-order valence-corrected chi connectivity index (χ2v) is 7.15. The first-order valence-corrected chi connectivity index (χ1v) is 8.07. The average molecular weight is 334 g/mol. The third kappa shape index (κ3) is 3.28. The molecule has 0 saturated carbocycles. The van der Waals surface area contributed by atoms with Gasteiger partial charge in [0.15, 0.2) is 0 Å². The molecule has 1 atom stereocenters. The molecule has 1 saturated heterocycles. The lowest BCUT2D eigenvalue weighted by Crippen LogP contribution is -2.38. The Morgan fingerprint density at radius 1 is 1.56 bits per heavy atom. The molecule has 0 amide bonds. The molecule has 0 aliphatic carbocycles. The van der Waals surface area contributed by atoms with Crippen molar-refractivity contribution in [3.8, 4) is 0 Å². The molecule has 18 heavy (non-hydrogen) atoms. The van der Waals surface area contributed by atoms with E-state index in [1.807, 2.05) is 7.05 Å². The molecule has 0 radical (unpaired) electrons. The zero-order chi connectivity index (χ0) is 13.2. The molecular formula is C11H16BrN3O2S. The fourth-order valence-electron chi connectivity index (χ4n) is 2.07. The average Bonchev–Trinajstić information content (AvgIpc) is 2.72. The molecule has 1 aliphatic heterocycles. The molecule has 1 aromatic rings. The van der Waals surface area contributed by atoms with Gasteiger partial charge in [-0.25, -0.2) is 13.1 Å². The lowest BCUT2D eigenvalue weighted by Gasteiger charge is -2.19. The topological polar surface area (TPSA) is 62.3 Å². The number of likely N-dealkylation sites (tertiary alicyclic amines) is 1. The first kappa shape index (κ1) is 13.9. The number of halogens is 1. The summed E-state index contributed by atoms with van der Waals surface area (Å²) in [6.45, 7) is 1.48. The second kappa shape index (κ2) is 5.64. The van der Waals surface area contributed by atoms with Gasteiger partial charge in [-0.15, -0.1) is 0 Å². The monoisotopic (exact) mass is 333 g/mol. The Hall–Kier alpha value is -0.500. The van der Waals surface area contributed by atoms with Gasteiger partial charge < -0.3 is 4.90 Å². The van der Waals surface area contributed by atoms with Crippen molar-refractivity contribution >= 4 is 26.0 Å².